The van der Waals surface area contributed by atoms with Crippen LogP contribution in [0.3, 0.4) is 0 Å². The molecule has 0 bridgehead atoms. The van der Waals surface area contributed by atoms with E-state index in [2.05, 4.69) is 16.9 Å². The maximum atomic E-state index is 5.71. The summed E-state index contributed by atoms with van der Waals surface area (Å²) in [4.78, 5) is 6.34. The van der Waals surface area contributed by atoms with Gasteiger partial charge in [0.15, 0.2) is 0 Å². The van der Waals surface area contributed by atoms with Crippen molar-refractivity contribution in [2.45, 2.75) is 18.9 Å². The number of nitrogen functional groups attached to an aromatic ring is 1. The molecule has 1 fully saturated rings. The number of nitrogens with zero attached hydrogens (tertiary/aromatic N) is 2. The molecule has 1 aliphatic heterocycles. The lowest BCUT2D eigenvalue weighted by atomic mass is 10.1. The Morgan fingerprint density at radius 1 is 1.40 bits per heavy atom. The van der Waals surface area contributed by atoms with Crippen molar-refractivity contribution in [3.8, 4) is 0 Å². The third kappa shape index (κ3) is 2.39. The topological polar surface area (TPSA) is 51.4 Å². The summed E-state index contributed by atoms with van der Waals surface area (Å²) in [7, 11) is 2.09. The van der Waals surface area contributed by atoms with E-state index < -0.39 is 0 Å². The first-order valence-corrected chi connectivity index (χ1v) is 5.28. The van der Waals surface area contributed by atoms with Crippen LogP contribution in [-0.4, -0.2) is 31.3 Å². The molecule has 4 nitrogen and oxygen atoms in total. The van der Waals surface area contributed by atoms with E-state index in [9.17, 15) is 0 Å². The first kappa shape index (κ1) is 10.2. The zero-order valence-electron chi connectivity index (χ0n) is 9.02. The molecule has 1 saturated heterocycles. The van der Waals surface area contributed by atoms with Crippen molar-refractivity contribution >= 4 is 11.4 Å². The molecule has 0 amide bonds. The predicted octanol–water partition coefficient (Wildman–Crippen LogP) is 1.28. The van der Waals surface area contributed by atoms with Crippen LogP contribution in [0.15, 0.2) is 18.5 Å². The molecule has 0 atom stereocenters. The number of hydrogen-bond acceptors (Lipinski definition) is 4. The second kappa shape index (κ2) is 4.49. The summed E-state index contributed by atoms with van der Waals surface area (Å²) in [5, 5.41) is 0. The Morgan fingerprint density at radius 3 is 2.80 bits per heavy atom. The van der Waals surface area contributed by atoms with Crippen LogP contribution in [0, 0.1) is 0 Å². The minimum Gasteiger partial charge on any atom is -0.397 e. The fourth-order valence-electron chi connectivity index (χ4n) is 1.92. The van der Waals surface area contributed by atoms with Crippen molar-refractivity contribution in [1.29, 1.82) is 0 Å². The van der Waals surface area contributed by atoms with Gasteiger partial charge in [0.2, 0.25) is 0 Å². The SMILES string of the molecule is CN(c1cncc(N)c1)C1CCOCC1. The van der Waals surface area contributed by atoms with Crippen LogP contribution in [0.2, 0.25) is 0 Å². The van der Waals surface area contributed by atoms with Gasteiger partial charge in [-0.15, -0.1) is 0 Å². The van der Waals surface area contributed by atoms with Gasteiger partial charge in [-0.05, 0) is 18.9 Å². The molecule has 1 aliphatic rings. The largest absolute Gasteiger partial charge is 0.397 e. The molecule has 4 heteroatoms. The molecule has 0 aromatic carbocycles. The molecule has 0 unspecified atom stereocenters. The number of nitrogens with two attached hydrogens (primary N) is 1. The number of hydrogen-bond donors (Lipinski definition) is 1. The van der Waals surface area contributed by atoms with Crippen molar-refractivity contribution in [2.75, 3.05) is 30.9 Å². The molecular formula is C11H17N3O. The molecule has 0 spiro atoms. The average molecular weight is 207 g/mol. The standard InChI is InChI=1S/C11H17N3O/c1-14(10-2-4-15-5-3-10)11-6-9(12)7-13-8-11/h6-8,10H,2-5,12H2,1H3. The first-order valence-electron chi connectivity index (χ1n) is 5.28. The molecular weight excluding hydrogens is 190 g/mol. The lowest BCUT2D eigenvalue weighted by Gasteiger charge is -2.32. The van der Waals surface area contributed by atoms with Crippen molar-refractivity contribution in [2.24, 2.45) is 0 Å². The van der Waals surface area contributed by atoms with Crippen LogP contribution in [0.5, 0.6) is 0 Å². The van der Waals surface area contributed by atoms with Crippen molar-refractivity contribution in [3.05, 3.63) is 18.5 Å². The molecule has 2 rings (SSSR count). The van der Waals surface area contributed by atoms with Gasteiger partial charge in [0.05, 0.1) is 17.6 Å². The van der Waals surface area contributed by atoms with Gasteiger partial charge in [-0.2, -0.15) is 0 Å². The second-order valence-corrected chi connectivity index (χ2v) is 3.93. The van der Waals surface area contributed by atoms with E-state index in [0.717, 1.165) is 31.7 Å². The molecule has 1 aromatic rings. The Bertz CT molecular complexity index is 323. The van der Waals surface area contributed by atoms with Gasteiger partial charge in [-0.1, -0.05) is 0 Å². The summed E-state index contributed by atoms with van der Waals surface area (Å²) in [6, 6.07) is 2.50. The zero-order chi connectivity index (χ0) is 10.7. The fourth-order valence-corrected chi connectivity index (χ4v) is 1.92. The summed E-state index contributed by atoms with van der Waals surface area (Å²) < 4.78 is 5.34. The third-order valence-electron chi connectivity index (χ3n) is 2.89. The van der Waals surface area contributed by atoms with Gasteiger partial charge in [0, 0.05) is 32.5 Å². The number of anilines is 2. The highest BCUT2D eigenvalue weighted by Crippen LogP contribution is 2.21. The van der Waals surface area contributed by atoms with Gasteiger partial charge in [-0.3, -0.25) is 4.98 Å². The Labute approximate surface area is 90.0 Å². The minimum absolute atomic E-state index is 0.544. The highest BCUT2D eigenvalue weighted by molar-refractivity contribution is 5.53. The summed E-state index contributed by atoms with van der Waals surface area (Å²) >= 11 is 0. The van der Waals surface area contributed by atoms with Gasteiger partial charge in [0.1, 0.15) is 0 Å². The summed E-state index contributed by atoms with van der Waals surface area (Å²) in [6.07, 6.45) is 5.67. The second-order valence-electron chi connectivity index (χ2n) is 3.93. The molecule has 2 N–H and O–H groups in total. The molecule has 82 valence electrons. The summed E-state index contributed by atoms with van der Waals surface area (Å²) in [5.41, 5.74) is 7.51. The maximum absolute atomic E-state index is 5.71. The molecule has 15 heavy (non-hydrogen) atoms. The number of pyridine rings is 1. The fraction of sp³-hybridized carbons (Fsp3) is 0.545. The highest BCUT2D eigenvalue weighted by atomic mass is 16.5. The van der Waals surface area contributed by atoms with Gasteiger partial charge < -0.3 is 15.4 Å². The van der Waals surface area contributed by atoms with Crippen LogP contribution in [-0.2, 0) is 4.74 Å². The molecule has 0 radical (unpaired) electrons. The Kier molecular flexibility index (Phi) is 3.06. The van der Waals surface area contributed by atoms with Crippen molar-refractivity contribution in [3.63, 3.8) is 0 Å². The van der Waals surface area contributed by atoms with Crippen LogP contribution in [0.1, 0.15) is 12.8 Å². The van der Waals surface area contributed by atoms with Crippen LogP contribution in [0.25, 0.3) is 0 Å². The van der Waals surface area contributed by atoms with E-state index in [1.807, 2.05) is 12.3 Å². The number of rotatable bonds is 2. The molecule has 0 saturated carbocycles. The molecule has 2 heterocycles. The lowest BCUT2D eigenvalue weighted by molar-refractivity contribution is 0.0855. The van der Waals surface area contributed by atoms with Crippen molar-refractivity contribution < 1.29 is 4.74 Å². The monoisotopic (exact) mass is 207 g/mol. The van der Waals surface area contributed by atoms with Crippen molar-refractivity contribution in [1.82, 2.24) is 4.98 Å². The van der Waals surface area contributed by atoms with Gasteiger partial charge >= 0.3 is 0 Å². The summed E-state index contributed by atoms with van der Waals surface area (Å²) in [6.45, 7) is 1.70. The van der Waals surface area contributed by atoms with E-state index in [1.54, 1.807) is 6.20 Å². The smallest absolute Gasteiger partial charge is 0.0573 e. The van der Waals surface area contributed by atoms with Crippen LogP contribution in [0.4, 0.5) is 11.4 Å². The maximum Gasteiger partial charge on any atom is 0.0573 e. The van der Waals surface area contributed by atoms with E-state index in [0.29, 0.717) is 11.7 Å². The number of aromatic nitrogens is 1. The van der Waals surface area contributed by atoms with E-state index in [4.69, 9.17) is 10.5 Å². The molecule has 0 aliphatic carbocycles. The first-order chi connectivity index (χ1) is 7.27. The zero-order valence-corrected chi connectivity index (χ0v) is 9.02. The Morgan fingerprint density at radius 2 is 2.13 bits per heavy atom. The lowest BCUT2D eigenvalue weighted by Crippen LogP contribution is -2.36. The summed E-state index contributed by atoms with van der Waals surface area (Å²) in [5.74, 6) is 0. The van der Waals surface area contributed by atoms with Crippen LogP contribution < -0.4 is 10.6 Å². The highest BCUT2D eigenvalue weighted by Gasteiger charge is 2.18. The minimum atomic E-state index is 0.544. The Balaban J connectivity index is 2.08. The Hall–Kier alpha value is -1.29. The number of ether oxygens (including phenoxy) is 1. The third-order valence-corrected chi connectivity index (χ3v) is 2.89. The van der Waals surface area contributed by atoms with E-state index in [1.165, 1.54) is 0 Å². The predicted molar refractivity (Wildman–Crippen MR) is 60.9 cm³/mol. The van der Waals surface area contributed by atoms with Crippen LogP contribution >= 0.6 is 0 Å². The quantitative estimate of drug-likeness (QED) is 0.793. The van der Waals surface area contributed by atoms with E-state index in [-0.39, 0.29) is 0 Å². The van der Waals surface area contributed by atoms with Gasteiger partial charge in [0.25, 0.3) is 0 Å². The van der Waals surface area contributed by atoms with Gasteiger partial charge in [-0.25, -0.2) is 0 Å². The normalized spacial score (nSPS) is 17.7. The molecule has 1 aromatic heterocycles. The van der Waals surface area contributed by atoms with E-state index >= 15 is 0 Å². The average Bonchev–Trinajstić information content (AvgIpc) is 2.29.